The van der Waals surface area contributed by atoms with Crippen LogP contribution in [-0.2, 0) is 11.3 Å². The van der Waals surface area contributed by atoms with Gasteiger partial charge in [-0.05, 0) is 25.1 Å². The number of aromatic carboxylic acids is 1. The summed E-state index contributed by atoms with van der Waals surface area (Å²) in [6.07, 6.45) is 1.53. The average Bonchev–Trinajstić information content (AvgIpc) is 2.72. The smallest absolute Gasteiger partial charge is 0.335 e. The van der Waals surface area contributed by atoms with Gasteiger partial charge in [0.15, 0.2) is 0 Å². The van der Waals surface area contributed by atoms with Crippen molar-refractivity contribution in [2.75, 3.05) is 6.54 Å². The van der Waals surface area contributed by atoms with Crippen LogP contribution in [0.25, 0.3) is 11.0 Å². The van der Waals surface area contributed by atoms with Crippen LogP contribution in [0, 0.1) is 0 Å². The zero-order valence-corrected chi connectivity index (χ0v) is 9.88. The Morgan fingerprint density at radius 3 is 2.89 bits per heavy atom. The number of hydrogen-bond donors (Lipinski definition) is 2. The van der Waals surface area contributed by atoms with E-state index >= 15 is 0 Å². The van der Waals surface area contributed by atoms with E-state index in [2.05, 4.69) is 10.3 Å². The molecule has 0 saturated carbocycles. The van der Waals surface area contributed by atoms with E-state index in [-0.39, 0.29) is 18.0 Å². The first-order chi connectivity index (χ1) is 8.61. The second kappa shape index (κ2) is 4.87. The van der Waals surface area contributed by atoms with Crippen LogP contribution >= 0.6 is 0 Å². The lowest BCUT2D eigenvalue weighted by Gasteiger charge is -2.04. The molecule has 0 saturated heterocycles. The Kier molecular flexibility index (Phi) is 3.27. The second-order valence-corrected chi connectivity index (χ2v) is 3.83. The minimum Gasteiger partial charge on any atom is -0.478 e. The molecule has 2 aromatic rings. The average molecular weight is 247 g/mol. The fraction of sp³-hybridized carbons (Fsp3) is 0.250. The predicted octanol–water partition coefficient (Wildman–Crippen LogP) is 0.871. The number of carboxylic acids is 1. The highest BCUT2D eigenvalue weighted by molar-refractivity contribution is 5.92. The molecule has 1 aromatic carbocycles. The number of benzene rings is 1. The maximum atomic E-state index is 11.5. The number of imidazole rings is 1. The zero-order chi connectivity index (χ0) is 13.1. The van der Waals surface area contributed by atoms with Gasteiger partial charge in [-0.25, -0.2) is 9.78 Å². The van der Waals surface area contributed by atoms with Crippen molar-refractivity contribution in [3.8, 4) is 0 Å². The van der Waals surface area contributed by atoms with Gasteiger partial charge < -0.3 is 15.0 Å². The topological polar surface area (TPSA) is 84.2 Å². The first-order valence-electron chi connectivity index (χ1n) is 5.56. The molecule has 1 heterocycles. The standard InChI is InChI=1S/C12H13N3O3/c1-2-13-11(16)6-15-7-14-9-5-8(12(17)18)3-4-10(9)15/h3-5,7H,2,6H2,1H3,(H,13,16)(H,17,18). The molecule has 0 aliphatic rings. The summed E-state index contributed by atoms with van der Waals surface area (Å²) in [5, 5.41) is 11.6. The minimum absolute atomic E-state index is 0.0980. The number of hydrogen-bond acceptors (Lipinski definition) is 3. The highest BCUT2D eigenvalue weighted by Gasteiger charge is 2.09. The molecule has 0 aliphatic carbocycles. The zero-order valence-electron chi connectivity index (χ0n) is 9.88. The fourth-order valence-corrected chi connectivity index (χ4v) is 1.73. The number of rotatable bonds is 4. The van der Waals surface area contributed by atoms with E-state index < -0.39 is 5.97 Å². The number of amides is 1. The van der Waals surface area contributed by atoms with Crippen LogP contribution in [0.2, 0.25) is 0 Å². The molecule has 94 valence electrons. The monoisotopic (exact) mass is 247 g/mol. The number of carbonyl (C=O) groups excluding carboxylic acids is 1. The normalized spacial score (nSPS) is 10.5. The molecule has 0 fully saturated rings. The first kappa shape index (κ1) is 12.1. The third kappa shape index (κ3) is 2.32. The highest BCUT2D eigenvalue weighted by Crippen LogP contribution is 2.14. The van der Waals surface area contributed by atoms with E-state index in [1.807, 2.05) is 6.92 Å². The van der Waals surface area contributed by atoms with Crippen molar-refractivity contribution < 1.29 is 14.7 Å². The van der Waals surface area contributed by atoms with Gasteiger partial charge in [-0.15, -0.1) is 0 Å². The lowest BCUT2D eigenvalue weighted by atomic mass is 10.2. The number of likely N-dealkylation sites (N-methyl/N-ethyl adjacent to an activating group) is 1. The summed E-state index contributed by atoms with van der Waals surface area (Å²) < 4.78 is 1.69. The van der Waals surface area contributed by atoms with E-state index in [9.17, 15) is 9.59 Å². The number of fused-ring (bicyclic) bond motifs is 1. The summed E-state index contributed by atoms with van der Waals surface area (Å²) in [7, 11) is 0. The summed E-state index contributed by atoms with van der Waals surface area (Å²) in [5.41, 5.74) is 1.50. The number of carbonyl (C=O) groups is 2. The van der Waals surface area contributed by atoms with Crippen LogP contribution < -0.4 is 5.32 Å². The van der Waals surface area contributed by atoms with E-state index in [1.165, 1.54) is 18.5 Å². The Labute approximate surface area is 103 Å². The lowest BCUT2D eigenvalue weighted by Crippen LogP contribution is -2.26. The Hall–Kier alpha value is -2.37. The van der Waals surface area contributed by atoms with Crippen molar-refractivity contribution in [1.29, 1.82) is 0 Å². The quantitative estimate of drug-likeness (QED) is 0.839. The molecule has 0 unspecified atom stereocenters. The van der Waals surface area contributed by atoms with Crippen LogP contribution in [0.5, 0.6) is 0 Å². The van der Waals surface area contributed by atoms with Gasteiger partial charge in [-0.2, -0.15) is 0 Å². The summed E-state index contributed by atoms with van der Waals surface area (Å²) in [6.45, 7) is 2.61. The summed E-state index contributed by atoms with van der Waals surface area (Å²) in [4.78, 5) is 26.4. The van der Waals surface area contributed by atoms with Crippen LogP contribution in [0.4, 0.5) is 0 Å². The number of nitrogens with zero attached hydrogens (tertiary/aromatic N) is 2. The van der Waals surface area contributed by atoms with Crippen molar-refractivity contribution in [1.82, 2.24) is 14.9 Å². The second-order valence-electron chi connectivity index (χ2n) is 3.83. The summed E-state index contributed by atoms with van der Waals surface area (Å²) >= 11 is 0. The minimum atomic E-state index is -0.991. The van der Waals surface area contributed by atoms with E-state index in [0.717, 1.165) is 5.52 Å². The van der Waals surface area contributed by atoms with Crippen molar-refractivity contribution in [2.45, 2.75) is 13.5 Å². The number of carboxylic acid groups (broad SMARTS) is 1. The molecule has 1 aromatic heterocycles. The number of nitrogens with one attached hydrogen (secondary N) is 1. The van der Waals surface area contributed by atoms with Crippen molar-refractivity contribution >= 4 is 22.9 Å². The molecular weight excluding hydrogens is 234 g/mol. The highest BCUT2D eigenvalue weighted by atomic mass is 16.4. The molecule has 2 N–H and O–H groups in total. The number of aromatic nitrogens is 2. The first-order valence-corrected chi connectivity index (χ1v) is 5.56. The van der Waals surface area contributed by atoms with Crippen molar-refractivity contribution in [3.63, 3.8) is 0 Å². The molecule has 0 aliphatic heterocycles. The Balaban J connectivity index is 2.31. The Morgan fingerprint density at radius 1 is 1.44 bits per heavy atom. The van der Waals surface area contributed by atoms with Gasteiger partial charge in [0.25, 0.3) is 0 Å². The van der Waals surface area contributed by atoms with E-state index in [0.29, 0.717) is 12.1 Å². The largest absolute Gasteiger partial charge is 0.478 e. The Morgan fingerprint density at radius 2 is 2.22 bits per heavy atom. The van der Waals surface area contributed by atoms with Gasteiger partial charge in [0.2, 0.25) is 5.91 Å². The van der Waals surface area contributed by atoms with Crippen molar-refractivity contribution in [2.24, 2.45) is 0 Å². The maximum absolute atomic E-state index is 11.5. The van der Waals surface area contributed by atoms with Crippen LogP contribution in [0.15, 0.2) is 24.5 Å². The fourth-order valence-electron chi connectivity index (χ4n) is 1.73. The molecule has 18 heavy (non-hydrogen) atoms. The van der Waals surface area contributed by atoms with Gasteiger partial charge in [-0.1, -0.05) is 0 Å². The Bertz CT molecular complexity index is 604. The van der Waals surface area contributed by atoms with Gasteiger partial charge in [0.1, 0.15) is 6.54 Å². The van der Waals surface area contributed by atoms with Crippen molar-refractivity contribution in [3.05, 3.63) is 30.1 Å². The third-order valence-electron chi connectivity index (χ3n) is 2.56. The third-order valence-corrected chi connectivity index (χ3v) is 2.56. The maximum Gasteiger partial charge on any atom is 0.335 e. The summed E-state index contributed by atoms with van der Waals surface area (Å²) in [6, 6.07) is 4.65. The van der Waals surface area contributed by atoms with Gasteiger partial charge in [0.05, 0.1) is 22.9 Å². The van der Waals surface area contributed by atoms with Crippen LogP contribution in [0.1, 0.15) is 17.3 Å². The van der Waals surface area contributed by atoms with Gasteiger partial charge >= 0.3 is 5.97 Å². The lowest BCUT2D eigenvalue weighted by molar-refractivity contribution is -0.121. The summed E-state index contributed by atoms with van der Waals surface area (Å²) in [5.74, 6) is -1.09. The molecule has 0 radical (unpaired) electrons. The molecule has 0 atom stereocenters. The molecular formula is C12H13N3O3. The molecule has 2 rings (SSSR count). The molecule has 6 nitrogen and oxygen atoms in total. The van der Waals surface area contributed by atoms with Crippen LogP contribution in [0.3, 0.4) is 0 Å². The molecule has 1 amide bonds. The molecule has 0 spiro atoms. The predicted molar refractivity (Wildman–Crippen MR) is 65.4 cm³/mol. The molecule has 0 bridgehead atoms. The van der Waals surface area contributed by atoms with Crippen LogP contribution in [-0.4, -0.2) is 33.1 Å². The molecule has 6 heteroatoms. The van der Waals surface area contributed by atoms with E-state index in [1.54, 1.807) is 10.6 Å². The SMILES string of the molecule is CCNC(=O)Cn1cnc2cc(C(=O)O)ccc21. The van der Waals surface area contributed by atoms with E-state index in [4.69, 9.17) is 5.11 Å². The van der Waals surface area contributed by atoms with Gasteiger partial charge in [-0.3, -0.25) is 4.79 Å². The van der Waals surface area contributed by atoms with Gasteiger partial charge in [0, 0.05) is 6.54 Å².